The number of benzene rings is 2. The van der Waals surface area contributed by atoms with Gasteiger partial charge in [-0.05, 0) is 75.7 Å². The van der Waals surface area contributed by atoms with E-state index in [1.165, 1.54) is 9.40 Å². The minimum absolute atomic E-state index is 0.835. The Balaban J connectivity index is 2.03. The van der Waals surface area contributed by atoms with Crippen LogP contribution in [0.15, 0.2) is 36.4 Å². The summed E-state index contributed by atoms with van der Waals surface area (Å²) < 4.78 is 26.8. The zero-order valence-electron chi connectivity index (χ0n) is 19.9. The van der Waals surface area contributed by atoms with E-state index in [0.29, 0.717) is 0 Å². The molecule has 0 aliphatic heterocycles. The second-order valence-electron chi connectivity index (χ2n) is 9.67. The molecule has 2 heterocycles. The van der Waals surface area contributed by atoms with Crippen LogP contribution in [-0.2, 0) is 0 Å². The van der Waals surface area contributed by atoms with Gasteiger partial charge in [-0.1, -0.05) is 0 Å². The number of rotatable bonds is 7. The zero-order chi connectivity index (χ0) is 23.3. The van der Waals surface area contributed by atoms with Crippen molar-refractivity contribution >= 4 is 59.5 Å². The highest BCUT2D eigenvalue weighted by Crippen LogP contribution is 2.54. The molecule has 0 fully saturated rings. The minimum atomic E-state index is -1.87. The van der Waals surface area contributed by atoms with E-state index < -0.39 is 16.6 Å². The lowest BCUT2D eigenvalue weighted by Crippen LogP contribution is -2.30. The summed E-state index contributed by atoms with van der Waals surface area (Å²) in [5, 5.41) is 2.20. The molecule has 0 amide bonds. The lowest BCUT2D eigenvalue weighted by atomic mass is 10.2. The molecule has 0 spiro atoms. The fourth-order valence-corrected chi connectivity index (χ4v) is 7.62. The Morgan fingerprint density at radius 1 is 0.594 bits per heavy atom. The van der Waals surface area contributed by atoms with Crippen molar-refractivity contribution in [1.29, 1.82) is 0 Å². The molecule has 0 N–H and O–H groups in total. The van der Waals surface area contributed by atoms with Crippen molar-refractivity contribution < 1.29 is 18.3 Å². The summed E-state index contributed by atoms with van der Waals surface area (Å²) in [6.07, 6.45) is 0. The summed E-state index contributed by atoms with van der Waals surface area (Å²) >= 11 is 3.52. The Bertz CT molecular complexity index is 1180. The molecule has 0 atom stereocenters. The highest BCUT2D eigenvalue weighted by Gasteiger charge is 2.29. The van der Waals surface area contributed by atoms with Gasteiger partial charge in [-0.25, -0.2) is 0 Å². The van der Waals surface area contributed by atoms with Crippen LogP contribution in [-0.4, -0.2) is 30.9 Å². The van der Waals surface area contributed by atoms with Crippen molar-refractivity contribution in [2.75, 3.05) is 14.2 Å². The number of hydrogen-bond acceptors (Lipinski definition) is 6. The minimum Gasteiger partial charge on any atom is -0.543 e. The summed E-state index contributed by atoms with van der Waals surface area (Å²) in [7, 11) is -0.339. The van der Waals surface area contributed by atoms with Crippen LogP contribution >= 0.6 is 22.7 Å². The fraction of sp³-hybridized carbons (Fsp3) is 0.333. The predicted octanol–water partition coefficient (Wildman–Crippen LogP) is 8.23. The van der Waals surface area contributed by atoms with Gasteiger partial charge in [0, 0.05) is 20.2 Å². The van der Waals surface area contributed by atoms with Gasteiger partial charge in [0.25, 0.3) is 0 Å². The Morgan fingerprint density at radius 2 is 0.969 bits per heavy atom. The van der Waals surface area contributed by atoms with Crippen molar-refractivity contribution in [2.45, 2.75) is 39.3 Å². The Hall–Kier alpha value is -2.01. The van der Waals surface area contributed by atoms with Crippen LogP contribution in [0.5, 0.6) is 23.0 Å². The molecular formula is C24H30O4S2Si2. The molecule has 0 bridgehead atoms. The van der Waals surface area contributed by atoms with E-state index in [1.54, 1.807) is 36.9 Å². The largest absolute Gasteiger partial charge is 0.543 e. The van der Waals surface area contributed by atoms with Gasteiger partial charge in [0.15, 0.2) is 0 Å². The molecule has 0 unspecified atom stereocenters. The Labute approximate surface area is 200 Å². The molecule has 2 aromatic carbocycles. The summed E-state index contributed by atoms with van der Waals surface area (Å²) in [5.41, 5.74) is 0. The van der Waals surface area contributed by atoms with Gasteiger partial charge in [0.1, 0.15) is 23.0 Å². The molecule has 4 nitrogen and oxygen atoms in total. The van der Waals surface area contributed by atoms with Crippen LogP contribution < -0.4 is 18.3 Å². The summed E-state index contributed by atoms with van der Waals surface area (Å²) in [6, 6.07) is 12.4. The average Bonchev–Trinajstić information content (AvgIpc) is 3.23. The first-order valence-corrected chi connectivity index (χ1v) is 19.0. The van der Waals surface area contributed by atoms with Crippen LogP contribution in [0.2, 0.25) is 39.3 Å². The summed E-state index contributed by atoms with van der Waals surface area (Å²) in [6.45, 7) is 13.3. The molecule has 0 aliphatic rings. The van der Waals surface area contributed by atoms with E-state index >= 15 is 0 Å². The smallest absolute Gasteiger partial charge is 0.242 e. The second kappa shape index (κ2) is 8.40. The van der Waals surface area contributed by atoms with E-state index in [2.05, 4.69) is 63.5 Å². The zero-order valence-corrected chi connectivity index (χ0v) is 23.5. The third kappa shape index (κ3) is 4.68. The molecule has 4 aromatic rings. The van der Waals surface area contributed by atoms with Crippen molar-refractivity contribution in [3.63, 3.8) is 0 Å². The molecule has 4 rings (SSSR count). The summed E-state index contributed by atoms with van der Waals surface area (Å²) in [4.78, 5) is 2.26. The standard InChI is InChI=1S/C24H30O4S2Si2/c1-25-15-9-11-19-17(13-15)21(27-31(3,4)5)23(29-19)24-22(28-32(6,7)8)18-14-16(26-2)10-12-20(18)30-24/h9-14H,1-8H3. The van der Waals surface area contributed by atoms with E-state index in [0.717, 1.165) is 43.5 Å². The highest BCUT2D eigenvalue weighted by molar-refractivity contribution is 7.29. The Morgan fingerprint density at radius 3 is 1.28 bits per heavy atom. The molecule has 32 heavy (non-hydrogen) atoms. The first kappa shape index (κ1) is 23.2. The summed E-state index contributed by atoms with van der Waals surface area (Å²) in [5.74, 6) is 3.56. The van der Waals surface area contributed by atoms with Crippen LogP contribution in [0, 0.1) is 0 Å². The van der Waals surface area contributed by atoms with Crippen LogP contribution in [0.4, 0.5) is 0 Å². The van der Waals surface area contributed by atoms with E-state index in [1.807, 2.05) is 12.1 Å². The van der Waals surface area contributed by atoms with Crippen LogP contribution in [0.3, 0.4) is 0 Å². The van der Waals surface area contributed by atoms with E-state index in [-0.39, 0.29) is 0 Å². The first-order chi connectivity index (χ1) is 15.0. The lowest BCUT2D eigenvalue weighted by Gasteiger charge is -2.22. The average molecular weight is 503 g/mol. The van der Waals surface area contributed by atoms with E-state index in [9.17, 15) is 0 Å². The lowest BCUT2D eigenvalue weighted by molar-refractivity contribution is 0.415. The van der Waals surface area contributed by atoms with Gasteiger partial charge in [-0.15, -0.1) is 22.7 Å². The molecule has 0 aliphatic carbocycles. The van der Waals surface area contributed by atoms with E-state index in [4.69, 9.17) is 18.3 Å². The quantitative estimate of drug-likeness (QED) is 0.239. The number of methoxy groups -OCH3 is 2. The molecule has 2 aromatic heterocycles. The topological polar surface area (TPSA) is 36.9 Å². The molecule has 0 radical (unpaired) electrons. The van der Waals surface area contributed by atoms with Crippen molar-refractivity contribution in [2.24, 2.45) is 0 Å². The molecule has 8 heteroatoms. The van der Waals surface area contributed by atoms with Gasteiger partial charge in [-0.2, -0.15) is 0 Å². The number of thiophene rings is 2. The maximum atomic E-state index is 6.70. The molecule has 0 saturated carbocycles. The van der Waals surface area contributed by atoms with Crippen LogP contribution in [0.25, 0.3) is 29.9 Å². The molecular weight excluding hydrogens is 473 g/mol. The van der Waals surface area contributed by atoms with Gasteiger partial charge >= 0.3 is 0 Å². The monoisotopic (exact) mass is 502 g/mol. The number of ether oxygens (including phenoxy) is 2. The molecule has 0 saturated heterocycles. The Kier molecular flexibility index (Phi) is 6.08. The van der Waals surface area contributed by atoms with Crippen molar-refractivity contribution in [3.8, 4) is 32.8 Å². The maximum absolute atomic E-state index is 6.70. The first-order valence-electron chi connectivity index (χ1n) is 10.6. The van der Waals surface area contributed by atoms with Crippen molar-refractivity contribution in [3.05, 3.63) is 36.4 Å². The normalized spacial score (nSPS) is 12.4. The van der Waals surface area contributed by atoms with Gasteiger partial charge in [0.2, 0.25) is 16.6 Å². The number of hydrogen-bond donors (Lipinski definition) is 0. The van der Waals surface area contributed by atoms with Gasteiger partial charge < -0.3 is 18.3 Å². The van der Waals surface area contributed by atoms with Gasteiger partial charge in [-0.3, -0.25) is 0 Å². The van der Waals surface area contributed by atoms with Crippen molar-refractivity contribution in [1.82, 2.24) is 0 Å². The fourth-order valence-electron chi connectivity index (χ4n) is 3.48. The highest BCUT2D eigenvalue weighted by atomic mass is 32.1. The maximum Gasteiger partial charge on any atom is 0.242 e. The molecule has 170 valence electrons. The third-order valence-corrected chi connectivity index (χ3v) is 8.82. The predicted molar refractivity (Wildman–Crippen MR) is 144 cm³/mol. The number of fused-ring (bicyclic) bond motifs is 2. The van der Waals surface area contributed by atoms with Crippen LogP contribution in [0.1, 0.15) is 0 Å². The second-order valence-corrected chi connectivity index (χ2v) is 20.6. The SMILES string of the molecule is COc1ccc2sc(-c3sc4ccc(OC)cc4c3O[Si](C)(C)C)c(O[Si](C)(C)C)c2c1. The third-order valence-electron chi connectivity index (χ3n) is 4.72. The van der Waals surface area contributed by atoms with Gasteiger partial charge in [0.05, 0.1) is 24.0 Å².